The fourth-order valence-electron chi connectivity index (χ4n) is 3.17. The molecular formula is C17H36NO+. The fourth-order valence-corrected chi connectivity index (χ4v) is 3.17. The molecule has 2 atom stereocenters. The number of carbonyl (C=O) groups excluding carboxylic acids is 1. The van der Waals surface area contributed by atoms with Crippen LogP contribution >= 0.6 is 0 Å². The Morgan fingerprint density at radius 3 is 2.05 bits per heavy atom. The lowest BCUT2D eigenvalue weighted by atomic mass is 9.70. The van der Waals surface area contributed by atoms with Crippen LogP contribution in [0.3, 0.4) is 0 Å². The maximum atomic E-state index is 12.4. The third-order valence-electron chi connectivity index (χ3n) is 4.36. The van der Waals surface area contributed by atoms with Gasteiger partial charge in [-0.2, -0.15) is 0 Å². The Labute approximate surface area is 120 Å². The zero-order chi connectivity index (χ0) is 15.3. The van der Waals surface area contributed by atoms with Gasteiger partial charge in [-0.15, -0.1) is 0 Å². The molecule has 0 aliphatic carbocycles. The van der Waals surface area contributed by atoms with Crippen LogP contribution in [0.1, 0.15) is 67.7 Å². The molecule has 0 aromatic rings. The molecule has 1 aliphatic heterocycles. The van der Waals surface area contributed by atoms with Crippen molar-refractivity contribution in [2.75, 3.05) is 20.1 Å². The summed E-state index contributed by atoms with van der Waals surface area (Å²) >= 11 is 0. The van der Waals surface area contributed by atoms with Crippen LogP contribution in [-0.2, 0) is 4.79 Å². The molecule has 2 unspecified atom stereocenters. The molecule has 1 saturated heterocycles. The van der Waals surface area contributed by atoms with E-state index in [0.717, 1.165) is 19.4 Å². The third kappa shape index (κ3) is 5.64. The minimum Gasteiger partial charge on any atom is -0.337 e. The highest BCUT2D eigenvalue weighted by atomic mass is 16.1. The van der Waals surface area contributed by atoms with Gasteiger partial charge in [-0.05, 0) is 12.8 Å². The molecule has 0 amide bonds. The fraction of sp³-hybridized carbons (Fsp3) is 0.941. The van der Waals surface area contributed by atoms with E-state index in [0.29, 0.717) is 11.2 Å². The summed E-state index contributed by atoms with van der Waals surface area (Å²) in [6.07, 6.45) is 3.27. The summed E-state index contributed by atoms with van der Waals surface area (Å²) in [4.78, 5) is 14.0. The van der Waals surface area contributed by atoms with Gasteiger partial charge >= 0.3 is 0 Å². The van der Waals surface area contributed by atoms with Crippen LogP contribution < -0.4 is 4.90 Å². The van der Waals surface area contributed by atoms with E-state index in [1.807, 2.05) is 27.7 Å². The molecule has 1 N–H and O–H groups in total. The highest BCUT2D eigenvalue weighted by Gasteiger charge is 2.39. The predicted molar refractivity (Wildman–Crippen MR) is 83.6 cm³/mol. The molecule has 1 fully saturated rings. The smallest absolute Gasteiger partial charge is 0.141 e. The molecule has 0 spiro atoms. The number of hydrogen-bond donors (Lipinski definition) is 1. The molecule has 0 saturated carbocycles. The standard InChI is InChI=1S/C15H29NO.C2H6/c1-12(2)13(17)15(5)8-7-14(3,4)11-16(6)10-9-15;1-2/h12H,7-11H2,1-6H3;1-2H3/p+1. The van der Waals surface area contributed by atoms with Gasteiger partial charge in [-0.25, -0.2) is 0 Å². The molecule has 0 aromatic heterocycles. The maximum Gasteiger partial charge on any atom is 0.141 e. The summed E-state index contributed by atoms with van der Waals surface area (Å²) in [5.74, 6) is 0.630. The first kappa shape index (κ1) is 18.6. The Morgan fingerprint density at radius 1 is 1.05 bits per heavy atom. The van der Waals surface area contributed by atoms with E-state index in [-0.39, 0.29) is 11.3 Å². The van der Waals surface area contributed by atoms with Gasteiger partial charge in [-0.1, -0.05) is 48.5 Å². The first-order valence-electron chi connectivity index (χ1n) is 8.02. The van der Waals surface area contributed by atoms with E-state index >= 15 is 0 Å². The van der Waals surface area contributed by atoms with Crippen LogP contribution in [0.15, 0.2) is 0 Å². The molecule has 1 rings (SSSR count). The van der Waals surface area contributed by atoms with E-state index < -0.39 is 0 Å². The van der Waals surface area contributed by atoms with Crippen LogP contribution in [0.25, 0.3) is 0 Å². The van der Waals surface area contributed by atoms with E-state index in [9.17, 15) is 4.79 Å². The molecule has 1 heterocycles. The number of likely N-dealkylation sites (tertiary alicyclic amines) is 1. The molecule has 19 heavy (non-hydrogen) atoms. The van der Waals surface area contributed by atoms with Gasteiger partial charge in [0.05, 0.1) is 20.1 Å². The lowest BCUT2D eigenvalue weighted by Crippen LogP contribution is -3.10. The van der Waals surface area contributed by atoms with Crippen LogP contribution in [-0.4, -0.2) is 25.9 Å². The summed E-state index contributed by atoms with van der Waals surface area (Å²) in [5.41, 5.74) is 0.274. The second kappa shape index (κ2) is 7.42. The van der Waals surface area contributed by atoms with Gasteiger partial charge in [-0.3, -0.25) is 4.79 Å². The maximum absolute atomic E-state index is 12.4. The van der Waals surface area contributed by atoms with Gasteiger partial charge in [0.1, 0.15) is 5.78 Å². The monoisotopic (exact) mass is 270 g/mol. The lowest BCUT2D eigenvalue weighted by Gasteiger charge is -2.38. The topological polar surface area (TPSA) is 21.5 Å². The minimum absolute atomic E-state index is 0.0902. The van der Waals surface area contributed by atoms with E-state index in [4.69, 9.17) is 0 Å². The normalized spacial score (nSPS) is 30.9. The number of nitrogens with one attached hydrogen (secondary N) is 1. The van der Waals surface area contributed by atoms with Crippen LogP contribution in [0.4, 0.5) is 0 Å². The lowest BCUT2D eigenvalue weighted by molar-refractivity contribution is -0.888. The molecule has 1 aliphatic rings. The SMILES string of the molecule is CC.CC(C)C(=O)C1(C)CC[NH+](C)CC(C)(C)CC1. The van der Waals surface area contributed by atoms with Gasteiger partial charge < -0.3 is 4.90 Å². The summed E-state index contributed by atoms with van der Waals surface area (Å²) < 4.78 is 0. The third-order valence-corrected chi connectivity index (χ3v) is 4.36. The molecule has 0 bridgehead atoms. The number of carbonyl (C=O) groups is 1. The predicted octanol–water partition coefficient (Wildman–Crippen LogP) is 2.97. The largest absolute Gasteiger partial charge is 0.337 e. The zero-order valence-electron chi connectivity index (χ0n) is 14.5. The summed E-state index contributed by atoms with van der Waals surface area (Å²) in [6.45, 7) is 17.3. The molecule has 2 nitrogen and oxygen atoms in total. The average Bonchev–Trinajstić information content (AvgIpc) is 2.34. The van der Waals surface area contributed by atoms with Gasteiger partial charge in [0.15, 0.2) is 0 Å². The van der Waals surface area contributed by atoms with Crippen molar-refractivity contribution in [3.8, 4) is 0 Å². The molecule has 0 aromatic carbocycles. The van der Waals surface area contributed by atoms with Crippen LogP contribution in [0, 0.1) is 16.7 Å². The summed E-state index contributed by atoms with van der Waals surface area (Å²) in [7, 11) is 2.26. The molecule has 0 radical (unpaired) electrons. The van der Waals surface area contributed by atoms with Gasteiger partial charge in [0, 0.05) is 23.2 Å². The number of quaternary nitrogens is 1. The minimum atomic E-state index is -0.0902. The van der Waals surface area contributed by atoms with Crippen molar-refractivity contribution in [1.82, 2.24) is 0 Å². The highest BCUT2D eigenvalue weighted by Crippen LogP contribution is 2.36. The average molecular weight is 270 g/mol. The second-order valence-electron chi connectivity index (χ2n) is 7.38. The van der Waals surface area contributed by atoms with Crippen LogP contribution in [0.5, 0.6) is 0 Å². The Morgan fingerprint density at radius 2 is 1.58 bits per heavy atom. The number of hydrogen-bond acceptors (Lipinski definition) is 1. The Bertz CT molecular complexity index is 283. The number of ketones is 1. The van der Waals surface area contributed by atoms with Crippen molar-refractivity contribution in [2.45, 2.75) is 67.7 Å². The molecule has 2 heteroatoms. The Hall–Kier alpha value is -0.370. The van der Waals surface area contributed by atoms with Crippen molar-refractivity contribution in [3.05, 3.63) is 0 Å². The van der Waals surface area contributed by atoms with Gasteiger partial charge in [0.2, 0.25) is 0 Å². The van der Waals surface area contributed by atoms with Crippen molar-refractivity contribution in [3.63, 3.8) is 0 Å². The van der Waals surface area contributed by atoms with E-state index in [1.54, 1.807) is 4.90 Å². The van der Waals surface area contributed by atoms with E-state index in [2.05, 4.69) is 27.8 Å². The van der Waals surface area contributed by atoms with Crippen molar-refractivity contribution in [2.24, 2.45) is 16.7 Å². The Kier molecular flexibility index (Phi) is 7.28. The van der Waals surface area contributed by atoms with Crippen LogP contribution in [0.2, 0.25) is 0 Å². The summed E-state index contributed by atoms with van der Waals surface area (Å²) in [6, 6.07) is 0. The zero-order valence-corrected chi connectivity index (χ0v) is 14.5. The number of rotatable bonds is 2. The number of Topliss-reactive ketones (excluding diaryl/α,β-unsaturated/α-hetero) is 1. The van der Waals surface area contributed by atoms with E-state index in [1.165, 1.54) is 13.0 Å². The van der Waals surface area contributed by atoms with Crippen molar-refractivity contribution < 1.29 is 9.69 Å². The van der Waals surface area contributed by atoms with Crippen molar-refractivity contribution in [1.29, 1.82) is 0 Å². The quantitative estimate of drug-likeness (QED) is 0.818. The summed E-state index contributed by atoms with van der Waals surface area (Å²) in [5, 5.41) is 0. The first-order chi connectivity index (χ1) is 8.66. The highest BCUT2D eigenvalue weighted by molar-refractivity contribution is 5.86. The van der Waals surface area contributed by atoms with Crippen molar-refractivity contribution >= 4 is 5.78 Å². The molecular weight excluding hydrogens is 234 g/mol. The second-order valence-corrected chi connectivity index (χ2v) is 7.38. The van der Waals surface area contributed by atoms with Gasteiger partial charge in [0.25, 0.3) is 0 Å². The first-order valence-corrected chi connectivity index (χ1v) is 8.02. The molecule has 114 valence electrons. The Balaban J connectivity index is 0.00000154.